The molecule has 0 bridgehead atoms. The van der Waals surface area contributed by atoms with Crippen LogP contribution in [0.5, 0.6) is 0 Å². The molecular formula is C11H10I2N2O4. The van der Waals surface area contributed by atoms with Crippen LogP contribution in [0, 0.1) is 0 Å². The fourth-order valence-electron chi connectivity index (χ4n) is 1.10. The van der Waals surface area contributed by atoms with Crippen LogP contribution in [0.4, 0.5) is 11.4 Å². The van der Waals surface area contributed by atoms with E-state index in [0.717, 1.165) is 0 Å². The van der Waals surface area contributed by atoms with Gasteiger partial charge in [0, 0.05) is 45.2 Å². The van der Waals surface area contributed by atoms with Crippen LogP contribution in [0.15, 0.2) is 38.9 Å². The van der Waals surface area contributed by atoms with E-state index in [2.05, 4.69) is 24.1 Å². The zero-order valence-corrected chi connectivity index (χ0v) is 13.9. The van der Waals surface area contributed by atoms with Gasteiger partial charge in [0.15, 0.2) is 7.53 Å². The number of aromatic carboxylic acids is 1. The molecule has 0 radical (unpaired) electrons. The van der Waals surface area contributed by atoms with Crippen molar-refractivity contribution in [3.05, 3.63) is 44.5 Å². The number of hydrogen-bond donors (Lipinski definition) is 3. The quantitative estimate of drug-likeness (QED) is 0.308. The number of carboxylic acid groups (broad SMARTS) is 1. The van der Waals surface area contributed by atoms with E-state index in [-0.39, 0.29) is 5.56 Å². The predicted octanol–water partition coefficient (Wildman–Crippen LogP) is 3.88. The monoisotopic (exact) mass is 488 g/mol. The molecule has 1 aromatic rings. The van der Waals surface area contributed by atoms with Gasteiger partial charge in [0.2, 0.25) is 0 Å². The molecule has 6 nitrogen and oxygen atoms in total. The van der Waals surface area contributed by atoms with Crippen molar-refractivity contribution in [2.24, 2.45) is 0 Å². The summed E-state index contributed by atoms with van der Waals surface area (Å²) >= 11 is 3.75. The Bertz CT molecular complexity index is 483. The minimum absolute atomic E-state index is 0.0813. The van der Waals surface area contributed by atoms with Gasteiger partial charge in [-0.3, -0.25) is 0 Å². The summed E-state index contributed by atoms with van der Waals surface area (Å²) < 4.78 is 0.842. The van der Waals surface area contributed by atoms with Crippen molar-refractivity contribution in [2.75, 3.05) is 11.0 Å². The fourth-order valence-corrected chi connectivity index (χ4v) is 1.32. The molecule has 8 heteroatoms. The zero-order chi connectivity index (χ0) is 14.4. The van der Waals surface area contributed by atoms with Gasteiger partial charge in [0.1, 0.15) is 0 Å². The zero-order valence-electron chi connectivity index (χ0n) is 9.57. The summed E-state index contributed by atoms with van der Waals surface area (Å²) in [6.45, 7) is 7.08. The highest BCUT2D eigenvalue weighted by Crippen LogP contribution is 2.21. The number of halogens is 2. The van der Waals surface area contributed by atoms with E-state index in [0.29, 0.717) is 18.9 Å². The van der Waals surface area contributed by atoms with Gasteiger partial charge >= 0.3 is 5.97 Å². The van der Waals surface area contributed by atoms with Crippen LogP contribution in [0.1, 0.15) is 10.4 Å². The molecule has 19 heavy (non-hydrogen) atoms. The summed E-state index contributed by atoms with van der Waals surface area (Å²) in [5, 5.41) is 9.01. The second-order valence-corrected chi connectivity index (χ2v) is 5.63. The lowest BCUT2D eigenvalue weighted by Gasteiger charge is -2.11. The van der Waals surface area contributed by atoms with Gasteiger partial charge in [0.25, 0.3) is 0 Å². The van der Waals surface area contributed by atoms with Crippen molar-refractivity contribution in [2.45, 2.75) is 0 Å². The molecule has 0 unspecified atom stereocenters. The van der Waals surface area contributed by atoms with E-state index in [1.54, 1.807) is 6.07 Å². The summed E-state index contributed by atoms with van der Waals surface area (Å²) in [7, 11) is 0. The molecule has 102 valence electrons. The summed E-state index contributed by atoms with van der Waals surface area (Å²) in [4.78, 5) is 21.0. The first-order valence-corrected chi connectivity index (χ1v) is 6.97. The minimum atomic E-state index is -1.06. The highest BCUT2D eigenvalue weighted by atomic mass is 127. The topological polar surface area (TPSA) is 79.8 Å². The lowest BCUT2D eigenvalue weighted by Crippen LogP contribution is -2.04. The SMILES string of the molecule is C=C(I)ONc1cc(NOC(=C)I)cc(C(=O)O)c1. The van der Waals surface area contributed by atoms with Gasteiger partial charge in [-0.2, -0.15) is 0 Å². The van der Waals surface area contributed by atoms with Crippen LogP contribution in [0.3, 0.4) is 0 Å². The van der Waals surface area contributed by atoms with E-state index in [4.69, 9.17) is 14.8 Å². The maximum absolute atomic E-state index is 11.0. The lowest BCUT2D eigenvalue weighted by atomic mass is 10.2. The molecule has 0 saturated carbocycles. The summed E-state index contributed by atoms with van der Waals surface area (Å²) in [6, 6.07) is 4.46. The van der Waals surface area contributed by atoms with Crippen molar-refractivity contribution in [3.63, 3.8) is 0 Å². The van der Waals surface area contributed by atoms with E-state index in [1.165, 1.54) is 12.1 Å². The Morgan fingerprint density at radius 3 is 1.79 bits per heavy atom. The molecule has 0 heterocycles. The molecule has 0 aliphatic rings. The Morgan fingerprint density at radius 1 is 1.05 bits per heavy atom. The highest BCUT2D eigenvalue weighted by Gasteiger charge is 2.08. The number of rotatable bonds is 7. The third kappa shape index (κ3) is 6.00. The van der Waals surface area contributed by atoms with Crippen molar-refractivity contribution in [1.29, 1.82) is 0 Å². The normalized spacial score (nSPS) is 9.37. The first-order chi connectivity index (χ1) is 8.88. The first-order valence-electron chi connectivity index (χ1n) is 4.81. The minimum Gasteiger partial charge on any atom is -0.478 e. The summed E-state index contributed by atoms with van der Waals surface area (Å²) in [5.74, 6) is -1.06. The van der Waals surface area contributed by atoms with Crippen molar-refractivity contribution >= 4 is 62.5 Å². The largest absolute Gasteiger partial charge is 0.478 e. The number of carbonyl (C=O) groups is 1. The van der Waals surface area contributed by atoms with Crippen molar-refractivity contribution in [1.82, 2.24) is 0 Å². The Labute approximate surface area is 137 Å². The van der Waals surface area contributed by atoms with Crippen molar-refractivity contribution in [3.8, 4) is 0 Å². The number of benzene rings is 1. The summed E-state index contributed by atoms with van der Waals surface area (Å²) in [6.07, 6.45) is 0. The third-order valence-electron chi connectivity index (χ3n) is 1.74. The number of anilines is 2. The van der Waals surface area contributed by atoms with Crippen molar-refractivity contribution < 1.29 is 19.6 Å². The molecular weight excluding hydrogens is 478 g/mol. The second kappa shape index (κ2) is 7.43. The molecule has 0 saturated heterocycles. The highest BCUT2D eigenvalue weighted by molar-refractivity contribution is 14.1. The van der Waals surface area contributed by atoms with Crippen LogP contribution in [-0.2, 0) is 9.68 Å². The fraction of sp³-hybridized carbons (Fsp3) is 0. The predicted molar refractivity (Wildman–Crippen MR) is 89.1 cm³/mol. The second-order valence-electron chi connectivity index (χ2n) is 3.22. The van der Waals surface area contributed by atoms with Gasteiger partial charge < -0.3 is 14.8 Å². The third-order valence-corrected chi connectivity index (χ3v) is 2.18. The smallest absolute Gasteiger partial charge is 0.335 e. The average Bonchev–Trinajstić information content (AvgIpc) is 2.33. The maximum atomic E-state index is 11.0. The molecule has 3 N–H and O–H groups in total. The molecule has 0 aliphatic carbocycles. The van der Waals surface area contributed by atoms with E-state index < -0.39 is 5.97 Å². The number of nitrogens with one attached hydrogen (secondary N) is 2. The molecule has 0 atom stereocenters. The summed E-state index contributed by atoms with van der Waals surface area (Å²) in [5.41, 5.74) is 6.13. The van der Waals surface area contributed by atoms with Gasteiger partial charge in [0.05, 0.1) is 16.9 Å². The van der Waals surface area contributed by atoms with Crippen LogP contribution >= 0.6 is 45.2 Å². The van der Waals surface area contributed by atoms with E-state index >= 15 is 0 Å². The number of carboxylic acids is 1. The van der Waals surface area contributed by atoms with E-state index in [9.17, 15) is 4.79 Å². The number of hydrogen-bond acceptors (Lipinski definition) is 5. The average molecular weight is 488 g/mol. The Morgan fingerprint density at radius 2 is 1.47 bits per heavy atom. The van der Waals surface area contributed by atoms with Gasteiger partial charge in [-0.05, 0) is 31.4 Å². The molecule has 0 spiro atoms. The Kier molecular flexibility index (Phi) is 6.21. The van der Waals surface area contributed by atoms with Crippen LogP contribution in [0.2, 0.25) is 0 Å². The maximum Gasteiger partial charge on any atom is 0.335 e. The Hall–Kier alpha value is -1.17. The van der Waals surface area contributed by atoms with Gasteiger partial charge in [-0.15, -0.1) is 0 Å². The van der Waals surface area contributed by atoms with Gasteiger partial charge in [-0.1, -0.05) is 0 Å². The molecule has 0 aliphatic heterocycles. The molecule has 0 fully saturated rings. The lowest BCUT2D eigenvalue weighted by molar-refractivity contribution is 0.0697. The standard InChI is InChI=1S/C11H10I2N2O4/c1-6(12)18-14-9-3-8(11(16)17)4-10(5-9)15-19-7(2)13/h3-5,14-15H,1-2H2,(H,16,17). The van der Waals surface area contributed by atoms with Crippen LogP contribution in [0.25, 0.3) is 0 Å². The Balaban J connectivity index is 2.93. The molecule has 1 aromatic carbocycles. The molecule has 0 aromatic heterocycles. The molecule has 0 amide bonds. The van der Waals surface area contributed by atoms with Crippen LogP contribution < -0.4 is 11.0 Å². The van der Waals surface area contributed by atoms with Crippen LogP contribution in [-0.4, -0.2) is 11.1 Å². The molecule has 1 rings (SSSR count). The first kappa shape index (κ1) is 15.9. The van der Waals surface area contributed by atoms with E-state index in [1.807, 2.05) is 45.2 Å². The van der Waals surface area contributed by atoms with Gasteiger partial charge in [-0.25, -0.2) is 15.8 Å².